The number of rotatable bonds is 2. The van der Waals surface area contributed by atoms with Crippen LogP contribution in [-0.4, -0.2) is 42.9 Å². The summed E-state index contributed by atoms with van der Waals surface area (Å²) in [5.74, 6) is 0.529. The van der Waals surface area contributed by atoms with Gasteiger partial charge >= 0.3 is 5.97 Å². The normalized spacial score (nSPS) is 40.2. The predicted octanol–water partition coefficient (Wildman–Crippen LogP) is 1.38. The van der Waals surface area contributed by atoms with Crippen LogP contribution in [0.15, 0.2) is 0 Å². The van der Waals surface area contributed by atoms with Gasteiger partial charge in [0, 0.05) is 32.0 Å². The van der Waals surface area contributed by atoms with Crippen LogP contribution in [0.3, 0.4) is 0 Å². The first kappa shape index (κ1) is 12.2. The minimum atomic E-state index is -0.0346. The number of hydrogen-bond acceptors (Lipinski definition) is 4. The standard InChI is InChI=1S/C14H21NO3/c1-18-13(17)10-6-14(7-10)8-11(9-14)15-4-2-12(16)3-5-15/h10-11H,2-9H2,1H3. The number of likely N-dealkylation sites (tertiary alicyclic amines) is 1. The summed E-state index contributed by atoms with van der Waals surface area (Å²) in [7, 11) is 1.47. The van der Waals surface area contributed by atoms with Gasteiger partial charge in [-0.05, 0) is 31.1 Å². The van der Waals surface area contributed by atoms with Crippen LogP contribution in [-0.2, 0) is 14.3 Å². The maximum Gasteiger partial charge on any atom is 0.308 e. The van der Waals surface area contributed by atoms with Gasteiger partial charge in [0.1, 0.15) is 5.78 Å². The zero-order valence-corrected chi connectivity index (χ0v) is 11.0. The van der Waals surface area contributed by atoms with Crippen molar-refractivity contribution >= 4 is 11.8 Å². The second-order valence-electron chi connectivity index (χ2n) is 6.27. The van der Waals surface area contributed by atoms with E-state index in [1.165, 1.54) is 20.0 Å². The number of methoxy groups -OCH3 is 1. The van der Waals surface area contributed by atoms with E-state index in [-0.39, 0.29) is 11.9 Å². The molecule has 100 valence electrons. The van der Waals surface area contributed by atoms with Gasteiger partial charge in [0.15, 0.2) is 0 Å². The molecule has 0 radical (unpaired) electrons. The Labute approximate surface area is 108 Å². The van der Waals surface area contributed by atoms with Crippen LogP contribution in [0.5, 0.6) is 0 Å². The molecule has 4 nitrogen and oxygen atoms in total. The lowest BCUT2D eigenvalue weighted by molar-refractivity contribution is -0.163. The fourth-order valence-corrected chi connectivity index (χ4v) is 3.99. The molecule has 18 heavy (non-hydrogen) atoms. The van der Waals surface area contributed by atoms with Crippen molar-refractivity contribution in [1.29, 1.82) is 0 Å². The Bertz CT molecular complexity index is 355. The number of ketones is 1. The lowest BCUT2D eigenvalue weighted by Crippen LogP contribution is -2.58. The fraction of sp³-hybridized carbons (Fsp3) is 0.857. The maximum atomic E-state index is 11.4. The van der Waals surface area contributed by atoms with E-state index in [0.717, 1.165) is 38.8 Å². The highest BCUT2D eigenvalue weighted by Crippen LogP contribution is 2.60. The molecule has 4 heteroatoms. The van der Waals surface area contributed by atoms with Gasteiger partial charge in [-0.3, -0.25) is 14.5 Å². The van der Waals surface area contributed by atoms with Crippen molar-refractivity contribution in [3.63, 3.8) is 0 Å². The molecule has 0 bridgehead atoms. The molecule has 2 aliphatic carbocycles. The molecule has 3 fully saturated rings. The zero-order chi connectivity index (χ0) is 12.8. The Hall–Kier alpha value is -0.900. The van der Waals surface area contributed by atoms with E-state index in [2.05, 4.69) is 4.90 Å². The summed E-state index contributed by atoms with van der Waals surface area (Å²) in [4.78, 5) is 25.0. The van der Waals surface area contributed by atoms with Crippen LogP contribution in [0.1, 0.15) is 38.5 Å². The topological polar surface area (TPSA) is 46.6 Å². The first-order valence-corrected chi connectivity index (χ1v) is 6.95. The molecular formula is C14H21NO3. The molecule has 1 spiro atoms. The lowest BCUT2D eigenvalue weighted by Gasteiger charge is -2.59. The summed E-state index contributed by atoms with van der Waals surface area (Å²) in [6, 6.07) is 0.664. The molecule has 1 aliphatic heterocycles. The van der Waals surface area contributed by atoms with Crippen molar-refractivity contribution in [2.24, 2.45) is 11.3 Å². The van der Waals surface area contributed by atoms with Crippen molar-refractivity contribution in [3.05, 3.63) is 0 Å². The highest BCUT2D eigenvalue weighted by Gasteiger charge is 2.56. The minimum absolute atomic E-state index is 0.0346. The minimum Gasteiger partial charge on any atom is -0.469 e. The van der Waals surface area contributed by atoms with Crippen molar-refractivity contribution in [2.45, 2.75) is 44.6 Å². The van der Waals surface area contributed by atoms with Gasteiger partial charge in [-0.1, -0.05) is 0 Å². The molecule has 0 unspecified atom stereocenters. The fourth-order valence-electron chi connectivity index (χ4n) is 3.99. The van der Waals surface area contributed by atoms with Crippen LogP contribution in [0, 0.1) is 11.3 Å². The van der Waals surface area contributed by atoms with Gasteiger partial charge < -0.3 is 4.74 Å². The van der Waals surface area contributed by atoms with E-state index in [9.17, 15) is 9.59 Å². The zero-order valence-electron chi connectivity index (χ0n) is 11.0. The average molecular weight is 251 g/mol. The van der Waals surface area contributed by atoms with Crippen molar-refractivity contribution in [1.82, 2.24) is 4.90 Å². The average Bonchev–Trinajstić information content (AvgIpc) is 2.27. The molecule has 3 rings (SSSR count). The molecule has 0 aromatic heterocycles. The quantitative estimate of drug-likeness (QED) is 0.696. The number of nitrogens with zero attached hydrogens (tertiary/aromatic N) is 1. The van der Waals surface area contributed by atoms with Crippen LogP contribution in [0.4, 0.5) is 0 Å². The Morgan fingerprint density at radius 3 is 2.39 bits per heavy atom. The van der Waals surface area contributed by atoms with E-state index < -0.39 is 0 Å². The summed E-state index contributed by atoms with van der Waals surface area (Å²) in [5, 5.41) is 0. The van der Waals surface area contributed by atoms with Crippen LogP contribution in [0.2, 0.25) is 0 Å². The highest BCUT2D eigenvalue weighted by atomic mass is 16.5. The Morgan fingerprint density at radius 2 is 1.83 bits per heavy atom. The predicted molar refractivity (Wildman–Crippen MR) is 66.0 cm³/mol. The van der Waals surface area contributed by atoms with Crippen LogP contribution < -0.4 is 0 Å². The highest BCUT2D eigenvalue weighted by molar-refractivity contribution is 5.79. The third kappa shape index (κ3) is 1.96. The van der Waals surface area contributed by atoms with Gasteiger partial charge in [-0.2, -0.15) is 0 Å². The van der Waals surface area contributed by atoms with Gasteiger partial charge in [-0.15, -0.1) is 0 Å². The monoisotopic (exact) mass is 251 g/mol. The summed E-state index contributed by atoms with van der Waals surface area (Å²) < 4.78 is 4.78. The first-order valence-electron chi connectivity index (χ1n) is 6.95. The van der Waals surface area contributed by atoms with Gasteiger partial charge in [-0.25, -0.2) is 0 Å². The molecule has 0 N–H and O–H groups in total. The Morgan fingerprint density at radius 1 is 1.22 bits per heavy atom. The largest absolute Gasteiger partial charge is 0.469 e. The smallest absolute Gasteiger partial charge is 0.308 e. The molecular weight excluding hydrogens is 230 g/mol. The van der Waals surface area contributed by atoms with Gasteiger partial charge in [0.2, 0.25) is 0 Å². The summed E-state index contributed by atoms with van der Waals surface area (Å²) in [5.41, 5.74) is 0.435. The van der Waals surface area contributed by atoms with Gasteiger partial charge in [0.05, 0.1) is 13.0 Å². The third-order valence-electron chi connectivity index (χ3n) is 5.10. The molecule has 0 aromatic rings. The third-order valence-corrected chi connectivity index (χ3v) is 5.10. The number of Topliss-reactive ketones (excluding diaryl/α,β-unsaturated/α-hetero) is 1. The first-order chi connectivity index (χ1) is 8.62. The van der Waals surface area contributed by atoms with Crippen molar-refractivity contribution in [2.75, 3.05) is 20.2 Å². The molecule has 1 heterocycles. The number of esters is 1. The Balaban J connectivity index is 1.44. The van der Waals surface area contributed by atoms with Crippen molar-refractivity contribution in [3.8, 4) is 0 Å². The van der Waals surface area contributed by atoms with E-state index >= 15 is 0 Å². The Kier molecular flexibility index (Phi) is 2.93. The number of hydrogen-bond donors (Lipinski definition) is 0. The second-order valence-corrected chi connectivity index (χ2v) is 6.27. The van der Waals surface area contributed by atoms with E-state index in [1.807, 2.05) is 0 Å². The number of ether oxygens (including phenoxy) is 1. The maximum absolute atomic E-state index is 11.4. The van der Waals surface area contributed by atoms with Crippen LogP contribution in [0.25, 0.3) is 0 Å². The van der Waals surface area contributed by atoms with Crippen LogP contribution >= 0.6 is 0 Å². The number of piperidine rings is 1. The second kappa shape index (κ2) is 4.34. The molecule has 2 saturated carbocycles. The SMILES string of the molecule is COC(=O)C1CC2(C1)CC(N1CCC(=O)CC1)C2. The molecule has 0 atom stereocenters. The summed E-state index contributed by atoms with van der Waals surface area (Å²) in [6.07, 6.45) is 5.93. The summed E-state index contributed by atoms with van der Waals surface area (Å²) >= 11 is 0. The number of carbonyl (C=O) groups is 2. The van der Waals surface area contributed by atoms with E-state index in [1.54, 1.807) is 0 Å². The molecule has 1 saturated heterocycles. The molecule has 0 amide bonds. The summed E-state index contributed by atoms with van der Waals surface area (Å²) in [6.45, 7) is 1.89. The van der Waals surface area contributed by atoms with E-state index in [4.69, 9.17) is 4.74 Å². The molecule has 3 aliphatic rings. The van der Waals surface area contributed by atoms with Gasteiger partial charge in [0.25, 0.3) is 0 Å². The number of carbonyl (C=O) groups excluding carboxylic acids is 2. The lowest BCUT2D eigenvalue weighted by atomic mass is 9.49. The van der Waals surface area contributed by atoms with Crippen molar-refractivity contribution < 1.29 is 14.3 Å². The van der Waals surface area contributed by atoms with E-state index in [0.29, 0.717) is 17.2 Å². The molecule has 0 aromatic carbocycles.